The van der Waals surface area contributed by atoms with Crippen LogP contribution in [0.3, 0.4) is 0 Å². The summed E-state index contributed by atoms with van der Waals surface area (Å²) in [6.45, 7) is 6.92. The Labute approximate surface area is 197 Å². The van der Waals surface area contributed by atoms with Crippen molar-refractivity contribution in [1.29, 1.82) is 0 Å². The van der Waals surface area contributed by atoms with Crippen molar-refractivity contribution < 1.29 is 19.4 Å². The van der Waals surface area contributed by atoms with E-state index in [0.717, 1.165) is 26.0 Å². The van der Waals surface area contributed by atoms with Gasteiger partial charge < -0.3 is 25.6 Å². The maximum absolute atomic E-state index is 10.5. The van der Waals surface area contributed by atoms with E-state index in [1.165, 1.54) is 63.5 Å². The van der Waals surface area contributed by atoms with Crippen LogP contribution < -0.4 is 15.8 Å². The van der Waals surface area contributed by atoms with Crippen LogP contribution >= 0.6 is 11.6 Å². The zero-order valence-corrected chi connectivity index (χ0v) is 20.3. The van der Waals surface area contributed by atoms with E-state index in [-0.39, 0.29) is 28.6 Å². The molecule has 3 rings (SSSR count). The number of unbranched alkanes of at least 4 members (excludes halogenated alkanes) is 7. The van der Waals surface area contributed by atoms with E-state index < -0.39 is 5.97 Å². The smallest absolute Gasteiger partial charge is 0.354 e. The Bertz CT molecular complexity index is 698. The van der Waals surface area contributed by atoms with Crippen molar-refractivity contribution in [3.63, 3.8) is 0 Å². The standard InChI is InChI=1S/C15H32N2O.C9H8ClNO3/c1-3-4-5-6-7-8-9-10-11-17-15(12-16)13-18-14(15)2;10-8-7(14-5-1-2-5)4-3-6(11-8)9(12)13/h14,17H,3-13,16H2,1-2H3;3-5H,1-2H2,(H,12,13). The number of nitrogens with two attached hydrogens (primary N) is 1. The summed E-state index contributed by atoms with van der Waals surface area (Å²) in [5.74, 6) is -0.635. The van der Waals surface area contributed by atoms with Gasteiger partial charge in [0.2, 0.25) is 0 Å². The number of ether oxygens (including phenoxy) is 2. The van der Waals surface area contributed by atoms with Gasteiger partial charge in [-0.3, -0.25) is 0 Å². The van der Waals surface area contributed by atoms with Gasteiger partial charge in [-0.15, -0.1) is 0 Å². The van der Waals surface area contributed by atoms with Crippen molar-refractivity contribution in [1.82, 2.24) is 10.3 Å². The molecule has 2 fully saturated rings. The second kappa shape index (κ2) is 14.0. The summed E-state index contributed by atoms with van der Waals surface area (Å²) in [4.78, 5) is 14.2. The van der Waals surface area contributed by atoms with E-state index in [1.54, 1.807) is 0 Å². The topological polar surface area (TPSA) is 107 Å². The maximum atomic E-state index is 10.5. The third kappa shape index (κ3) is 8.85. The number of aromatic carboxylic acids is 1. The van der Waals surface area contributed by atoms with Crippen LogP contribution in [-0.2, 0) is 4.74 Å². The van der Waals surface area contributed by atoms with Crippen LogP contribution in [0, 0.1) is 0 Å². The summed E-state index contributed by atoms with van der Waals surface area (Å²) in [6.07, 6.45) is 13.5. The van der Waals surface area contributed by atoms with Crippen LogP contribution in [0.25, 0.3) is 0 Å². The van der Waals surface area contributed by atoms with E-state index in [9.17, 15) is 4.79 Å². The summed E-state index contributed by atoms with van der Waals surface area (Å²) in [7, 11) is 0. The average Bonchev–Trinajstić information content (AvgIpc) is 3.60. The number of carboxylic acids is 1. The molecular formula is C24H40ClN3O4. The van der Waals surface area contributed by atoms with E-state index in [2.05, 4.69) is 24.1 Å². The van der Waals surface area contributed by atoms with Gasteiger partial charge in [0.05, 0.1) is 24.4 Å². The molecule has 1 saturated carbocycles. The molecule has 0 amide bonds. The molecule has 1 saturated heterocycles. The number of pyridine rings is 1. The highest BCUT2D eigenvalue weighted by molar-refractivity contribution is 6.31. The molecule has 32 heavy (non-hydrogen) atoms. The minimum Gasteiger partial charge on any atom is -0.487 e. The van der Waals surface area contributed by atoms with Crippen molar-refractivity contribution in [2.24, 2.45) is 5.73 Å². The Kier molecular flexibility index (Phi) is 11.7. The number of hydrogen-bond donors (Lipinski definition) is 3. The normalized spacial score (nSPS) is 21.9. The third-order valence-corrected chi connectivity index (χ3v) is 6.36. The van der Waals surface area contributed by atoms with E-state index >= 15 is 0 Å². The number of hydrogen-bond acceptors (Lipinski definition) is 6. The Morgan fingerprint density at radius 1 is 1.25 bits per heavy atom. The fourth-order valence-electron chi connectivity index (χ4n) is 3.53. The van der Waals surface area contributed by atoms with Crippen LogP contribution in [0.5, 0.6) is 5.75 Å². The molecule has 4 N–H and O–H groups in total. The fraction of sp³-hybridized carbons (Fsp3) is 0.750. The van der Waals surface area contributed by atoms with Crippen LogP contribution in [0.2, 0.25) is 5.15 Å². The van der Waals surface area contributed by atoms with Crippen molar-refractivity contribution in [2.75, 3.05) is 19.7 Å². The first-order valence-corrected chi connectivity index (χ1v) is 12.4. The molecule has 7 nitrogen and oxygen atoms in total. The van der Waals surface area contributed by atoms with E-state index in [0.29, 0.717) is 12.3 Å². The van der Waals surface area contributed by atoms with Gasteiger partial charge in [-0.25, -0.2) is 9.78 Å². The van der Waals surface area contributed by atoms with Crippen LogP contribution in [0.4, 0.5) is 0 Å². The first kappa shape index (κ1) is 26.8. The molecule has 1 aromatic rings. The number of carbonyl (C=O) groups is 1. The minimum absolute atomic E-state index is 0.0706. The van der Waals surface area contributed by atoms with E-state index in [4.69, 9.17) is 31.9 Å². The second-order valence-electron chi connectivity index (χ2n) is 8.82. The number of halogens is 1. The molecule has 0 spiro atoms. The number of nitrogens with zero attached hydrogens (tertiary/aromatic N) is 1. The lowest BCUT2D eigenvalue weighted by Gasteiger charge is -2.47. The lowest BCUT2D eigenvalue weighted by atomic mass is 9.89. The zero-order valence-electron chi connectivity index (χ0n) is 19.6. The molecule has 182 valence electrons. The quantitative estimate of drug-likeness (QED) is 0.265. The minimum atomic E-state index is -1.09. The maximum Gasteiger partial charge on any atom is 0.354 e. The molecule has 1 aliphatic heterocycles. The summed E-state index contributed by atoms with van der Waals surface area (Å²) >= 11 is 5.75. The highest BCUT2D eigenvalue weighted by Crippen LogP contribution is 2.30. The van der Waals surface area contributed by atoms with Crippen LogP contribution in [-0.4, -0.2) is 53.5 Å². The SMILES string of the molecule is CCCCCCCCCCNC1(CN)COC1C.O=C(O)c1ccc(OC2CC2)c(Cl)n1. The monoisotopic (exact) mass is 469 g/mol. The van der Waals surface area contributed by atoms with E-state index in [1.807, 2.05) is 0 Å². The van der Waals surface area contributed by atoms with Gasteiger partial charge in [0.1, 0.15) is 5.69 Å². The molecule has 2 unspecified atom stereocenters. The van der Waals surface area contributed by atoms with Gasteiger partial charge >= 0.3 is 5.97 Å². The fourth-order valence-corrected chi connectivity index (χ4v) is 3.73. The molecule has 2 heterocycles. The Hall–Kier alpha value is -1.41. The van der Waals surface area contributed by atoms with Crippen molar-refractivity contribution in [2.45, 2.75) is 95.8 Å². The zero-order chi connectivity index (χ0) is 23.4. The lowest BCUT2D eigenvalue weighted by Crippen LogP contribution is -2.69. The predicted molar refractivity (Wildman–Crippen MR) is 128 cm³/mol. The number of nitrogens with one attached hydrogen (secondary N) is 1. The van der Waals surface area contributed by atoms with Gasteiger partial charge in [-0.2, -0.15) is 0 Å². The van der Waals surface area contributed by atoms with Crippen LogP contribution in [0.1, 0.15) is 88.5 Å². The number of rotatable bonds is 14. The molecule has 0 aromatic carbocycles. The van der Waals surface area contributed by atoms with Crippen LogP contribution in [0.15, 0.2) is 12.1 Å². The highest BCUT2D eigenvalue weighted by Gasteiger charge is 2.43. The Balaban J connectivity index is 0.000000233. The molecule has 2 atom stereocenters. The molecule has 1 aromatic heterocycles. The number of carboxylic acid groups (broad SMARTS) is 1. The van der Waals surface area contributed by atoms with Gasteiger partial charge in [-0.05, 0) is 44.9 Å². The summed E-state index contributed by atoms with van der Waals surface area (Å²) in [6, 6.07) is 2.92. The lowest BCUT2D eigenvalue weighted by molar-refractivity contribution is -0.134. The van der Waals surface area contributed by atoms with Gasteiger partial charge in [0, 0.05) is 6.54 Å². The second-order valence-corrected chi connectivity index (χ2v) is 9.18. The van der Waals surface area contributed by atoms with Crippen molar-refractivity contribution in [3.8, 4) is 5.75 Å². The third-order valence-electron chi connectivity index (χ3n) is 6.09. The largest absolute Gasteiger partial charge is 0.487 e. The Morgan fingerprint density at radius 2 is 1.91 bits per heavy atom. The van der Waals surface area contributed by atoms with Crippen molar-refractivity contribution in [3.05, 3.63) is 23.0 Å². The summed E-state index contributed by atoms with van der Waals surface area (Å²) in [5.41, 5.74) is 5.83. The van der Waals surface area contributed by atoms with Gasteiger partial charge in [0.15, 0.2) is 10.9 Å². The molecular weight excluding hydrogens is 430 g/mol. The molecule has 0 radical (unpaired) electrons. The van der Waals surface area contributed by atoms with Gasteiger partial charge in [-0.1, -0.05) is 63.5 Å². The molecule has 0 bridgehead atoms. The predicted octanol–water partition coefficient (Wildman–Crippen LogP) is 4.81. The summed E-state index contributed by atoms with van der Waals surface area (Å²) < 4.78 is 10.8. The molecule has 2 aliphatic rings. The highest BCUT2D eigenvalue weighted by atomic mass is 35.5. The first-order chi connectivity index (χ1) is 15.4. The number of aromatic nitrogens is 1. The molecule has 1 aliphatic carbocycles. The van der Waals surface area contributed by atoms with Crippen molar-refractivity contribution >= 4 is 17.6 Å². The van der Waals surface area contributed by atoms with Gasteiger partial charge in [0.25, 0.3) is 0 Å². The first-order valence-electron chi connectivity index (χ1n) is 12.0. The summed E-state index contributed by atoms with van der Waals surface area (Å²) in [5, 5.41) is 12.3. The Morgan fingerprint density at radius 3 is 2.38 bits per heavy atom. The average molecular weight is 470 g/mol. The molecule has 8 heteroatoms.